The second kappa shape index (κ2) is 7.86. The highest BCUT2D eigenvalue weighted by Crippen LogP contribution is 2.34. The molecule has 2 heterocycles. The molecule has 2 unspecified atom stereocenters. The molecule has 3 rings (SSSR count). The summed E-state index contributed by atoms with van der Waals surface area (Å²) in [6.45, 7) is 4.34. The molecular formula is C16H24ClN3O3. The van der Waals surface area contributed by atoms with Gasteiger partial charge in [-0.2, -0.15) is 0 Å². The highest BCUT2D eigenvalue weighted by molar-refractivity contribution is 5.92. The Balaban J connectivity index is 0.00000192. The van der Waals surface area contributed by atoms with E-state index in [9.17, 15) is 4.79 Å². The average molecular weight is 342 g/mol. The normalized spacial score (nSPS) is 23.2. The fourth-order valence-corrected chi connectivity index (χ4v) is 3.27. The Morgan fingerprint density at radius 2 is 2.17 bits per heavy atom. The van der Waals surface area contributed by atoms with Crippen LogP contribution in [0.3, 0.4) is 0 Å². The first-order valence-electron chi connectivity index (χ1n) is 7.81. The van der Waals surface area contributed by atoms with Crippen LogP contribution in [0.5, 0.6) is 11.5 Å². The summed E-state index contributed by atoms with van der Waals surface area (Å²) in [6.07, 6.45) is 2.30. The second-order valence-corrected chi connectivity index (χ2v) is 6.01. The first-order valence-corrected chi connectivity index (χ1v) is 7.81. The molecular weight excluding hydrogens is 318 g/mol. The summed E-state index contributed by atoms with van der Waals surface area (Å²) in [4.78, 5) is 14.5. The molecule has 23 heavy (non-hydrogen) atoms. The van der Waals surface area contributed by atoms with Crippen molar-refractivity contribution in [1.82, 2.24) is 4.90 Å². The molecule has 2 aliphatic rings. The molecule has 1 fully saturated rings. The lowest BCUT2D eigenvalue weighted by molar-refractivity contribution is -0.118. The third-order valence-electron chi connectivity index (χ3n) is 4.48. The van der Waals surface area contributed by atoms with Crippen molar-refractivity contribution in [1.29, 1.82) is 0 Å². The predicted octanol–water partition coefficient (Wildman–Crippen LogP) is 1.83. The Labute approximate surface area is 142 Å². The van der Waals surface area contributed by atoms with Crippen molar-refractivity contribution in [3.8, 4) is 11.5 Å². The number of hydrogen-bond donors (Lipinski definition) is 2. The standard InChI is InChI=1S/C16H23N3O3.ClH/c1-11-3-2-6-19(13(11)8-17)9-16(20)18-12-4-5-14-15(7-12)22-10-21-14;/h4-5,7,11,13H,2-3,6,8-10,17H2,1H3,(H,18,20);1H. The van der Waals surface area contributed by atoms with Gasteiger partial charge in [0.1, 0.15) is 0 Å². The smallest absolute Gasteiger partial charge is 0.238 e. The van der Waals surface area contributed by atoms with E-state index in [-0.39, 0.29) is 31.1 Å². The summed E-state index contributed by atoms with van der Waals surface area (Å²) in [5.41, 5.74) is 6.60. The Kier molecular flexibility index (Phi) is 6.10. The zero-order valence-corrected chi connectivity index (χ0v) is 14.1. The van der Waals surface area contributed by atoms with E-state index in [1.54, 1.807) is 6.07 Å². The topological polar surface area (TPSA) is 76.8 Å². The van der Waals surface area contributed by atoms with Gasteiger partial charge in [-0.1, -0.05) is 6.92 Å². The maximum Gasteiger partial charge on any atom is 0.238 e. The lowest BCUT2D eigenvalue weighted by Gasteiger charge is -2.38. The quantitative estimate of drug-likeness (QED) is 0.873. The van der Waals surface area contributed by atoms with Gasteiger partial charge >= 0.3 is 0 Å². The van der Waals surface area contributed by atoms with Crippen molar-refractivity contribution >= 4 is 24.0 Å². The number of carbonyl (C=O) groups is 1. The minimum absolute atomic E-state index is 0. The summed E-state index contributed by atoms with van der Waals surface area (Å²) in [7, 11) is 0. The molecule has 0 saturated carbocycles. The third kappa shape index (κ3) is 4.07. The van der Waals surface area contributed by atoms with Crippen LogP contribution in [0.25, 0.3) is 0 Å². The van der Waals surface area contributed by atoms with E-state index in [2.05, 4.69) is 17.1 Å². The number of fused-ring (bicyclic) bond motifs is 1. The molecule has 0 radical (unpaired) electrons. The van der Waals surface area contributed by atoms with Crippen LogP contribution in [0, 0.1) is 5.92 Å². The molecule has 128 valence electrons. The molecule has 0 spiro atoms. The summed E-state index contributed by atoms with van der Waals surface area (Å²) < 4.78 is 10.6. The maximum absolute atomic E-state index is 12.3. The minimum atomic E-state index is -0.0218. The first kappa shape index (κ1) is 17.8. The van der Waals surface area contributed by atoms with Gasteiger partial charge in [-0.05, 0) is 37.4 Å². The van der Waals surface area contributed by atoms with E-state index in [1.807, 2.05) is 12.1 Å². The van der Waals surface area contributed by atoms with Crippen molar-refractivity contribution < 1.29 is 14.3 Å². The summed E-state index contributed by atoms with van der Waals surface area (Å²) >= 11 is 0. The number of hydrogen-bond acceptors (Lipinski definition) is 5. The molecule has 1 aromatic rings. The van der Waals surface area contributed by atoms with Crippen LogP contribution in [0.2, 0.25) is 0 Å². The number of ether oxygens (including phenoxy) is 2. The van der Waals surface area contributed by atoms with Crippen molar-refractivity contribution in [3.05, 3.63) is 18.2 Å². The lowest BCUT2D eigenvalue weighted by Crippen LogP contribution is -2.51. The maximum atomic E-state index is 12.3. The number of halogens is 1. The number of likely N-dealkylation sites (tertiary alicyclic amines) is 1. The lowest BCUT2D eigenvalue weighted by atomic mass is 9.91. The van der Waals surface area contributed by atoms with E-state index < -0.39 is 0 Å². The first-order chi connectivity index (χ1) is 10.7. The predicted molar refractivity (Wildman–Crippen MR) is 91.3 cm³/mol. The molecule has 0 aliphatic carbocycles. The van der Waals surface area contributed by atoms with Crippen LogP contribution in [0.1, 0.15) is 19.8 Å². The highest BCUT2D eigenvalue weighted by Gasteiger charge is 2.28. The van der Waals surface area contributed by atoms with Crippen molar-refractivity contribution in [2.24, 2.45) is 11.7 Å². The fraction of sp³-hybridized carbons (Fsp3) is 0.562. The Morgan fingerprint density at radius 1 is 1.39 bits per heavy atom. The Hall–Kier alpha value is -1.50. The highest BCUT2D eigenvalue weighted by atomic mass is 35.5. The minimum Gasteiger partial charge on any atom is -0.454 e. The number of piperidine rings is 1. The van der Waals surface area contributed by atoms with Crippen LogP contribution >= 0.6 is 12.4 Å². The van der Waals surface area contributed by atoms with Crippen LogP contribution in [-0.2, 0) is 4.79 Å². The largest absolute Gasteiger partial charge is 0.454 e. The van der Waals surface area contributed by atoms with Crippen molar-refractivity contribution in [2.75, 3.05) is 31.7 Å². The van der Waals surface area contributed by atoms with Gasteiger partial charge in [0.15, 0.2) is 11.5 Å². The molecule has 3 N–H and O–H groups in total. The number of rotatable bonds is 4. The molecule has 6 nitrogen and oxygen atoms in total. The van der Waals surface area contributed by atoms with E-state index in [1.165, 1.54) is 6.42 Å². The number of amides is 1. The van der Waals surface area contributed by atoms with Gasteiger partial charge in [-0.3, -0.25) is 9.69 Å². The second-order valence-electron chi connectivity index (χ2n) is 6.01. The van der Waals surface area contributed by atoms with Gasteiger partial charge in [0.25, 0.3) is 0 Å². The molecule has 1 aromatic carbocycles. The SMILES string of the molecule is CC1CCCN(CC(=O)Nc2ccc3c(c2)OCO3)C1CN.Cl. The van der Waals surface area contributed by atoms with Crippen molar-refractivity contribution in [2.45, 2.75) is 25.8 Å². The van der Waals surface area contributed by atoms with Gasteiger partial charge in [0.05, 0.1) is 6.54 Å². The van der Waals surface area contributed by atoms with E-state index in [0.717, 1.165) is 18.7 Å². The Bertz CT molecular complexity index is 555. The monoisotopic (exact) mass is 341 g/mol. The molecule has 2 aliphatic heterocycles. The number of nitrogens with one attached hydrogen (secondary N) is 1. The van der Waals surface area contributed by atoms with Gasteiger partial charge < -0.3 is 20.5 Å². The average Bonchev–Trinajstić information content (AvgIpc) is 2.95. The van der Waals surface area contributed by atoms with E-state index in [4.69, 9.17) is 15.2 Å². The summed E-state index contributed by atoms with van der Waals surface area (Å²) in [5, 5.41) is 2.92. The number of anilines is 1. The molecule has 0 bridgehead atoms. The number of benzene rings is 1. The van der Waals surface area contributed by atoms with E-state index >= 15 is 0 Å². The van der Waals surface area contributed by atoms with Gasteiger partial charge in [-0.15, -0.1) is 12.4 Å². The van der Waals surface area contributed by atoms with Crippen LogP contribution < -0.4 is 20.5 Å². The number of carbonyl (C=O) groups excluding carboxylic acids is 1. The fourth-order valence-electron chi connectivity index (χ4n) is 3.27. The third-order valence-corrected chi connectivity index (χ3v) is 4.48. The molecule has 1 amide bonds. The molecule has 7 heteroatoms. The van der Waals surface area contributed by atoms with E-state index in [0.29, 0.717) is 30.5 Å². The van der Waals surface area contributed by atoms with Gasteiger partial charge in [0.2, 0.25) is 12.7 Å². The molecule has 0 aromatic heterocycles. The van der Waals surface area contributed by atoms with Crippen molar-refractivity contribution in [3.63, 3.8) is 0 Å². The van der Waals surface area contributed by atoms with Gasteiger partial charge in [0, 0.05) is 24.3 Å². The van der Waals surface area contributed by atoms with Gasteiger partial charge in [-0.25, -0.2) is 0 Å². The summed E-state index contributed by atoms with van der Waals surface area (Å²) in [5.74, 6) is 1.90. The van der Waals surface area contributed by atoms with Crippen LogP contribution in [0.15, 0.2) is 18.2 Å². The Morgan fingerprint density at radius 3 is 2.96 bits per heavy atom. The van der Waals surface area contributed by atoms with Crippen LogP contribution in [-0.4, -0.2) is 43.3 Å². The molecule has 2 atom stereocenters. The zero-order valence-electron chi connectivity index (χ0n) is 13.3. The summed E-state index contributed by atoms with van der Waals surface area (Å²) in [6, 6.07) is 5.71. The number of nitrogens with two attached hydrogens (primary N) is 1. The zero-order chi connectivity index (χ0) is 15.5. The van der Waals surface area contributed by atoms with Crippen LogP contribution in [0.4, 0.5) is 5.69 Å². The number of nitrogens with zero attached hydrogens (tertiary/aromatic N) is 1. The molecule has 1 saturated heterocycles.